The molecule has 0 saturated carbocycles. The molecule has 104 valence electrons. The quantitative estimate of drug-likeness (QED) is 0.850. The smallest absolute Gasteiger partial charge is 0.253 e. The Bertz CT molecular complexity index is 646. The topological polar surface area (TPSA) is 55.1 Å². The van der Waals surface area contributed by atoms with E-state index in [1.54, 1.807) is 12.1 Å². The molecule has 0 bridgehead atoms. The minimum atomic E-state index is -0.615. The molecule has 20 heavy (non-hydrogen) atoms. The molecule has 0 radical (unpaired) electrons. The Balaban J connectivity index is 2.17. The van der Waals surface area contributed by atoms with Gasteiger partial charge in [-0.15, -0.1) is 0 Å². The number of hydrogen-bond donors (Lipinski definition) is 2. The summed E-state index contributed by atoms with van der Waals surface area (Å²) < 4.78 is 13.3. The van der Waals surface area contributed by atoms with E-state index < -0.39 is 11.7 Å². The maximum absolute atomic E-state index is 13.3. The molecule has 0 spiro atoms. The molecule has 3 N–H and O–H groups in total. The molecule has 0 aliphatic carbocycles. The van der Waals surface area contributed by atoms with Crippen molar-refractivity contribution in [2.45, 2.75) is 13.0 Å². The van der Waals surface area contributed by atoms with Gasteiger partial charge in [-0.1, -0.05) is 29.8 Å². The zero-order chi connectivity index (χ0) is 14.7. The molecule has 2 aromatic carbocycles. The molecule has 1 unspecified atom stereocenters. The summed E-state index contributed by atoms with van der Waals surface area (Å²) in [5, 5.41) is 2.59. The number of nitrogen functional groups attached to an aromatic ring is 1. The molecular weight excluding hydrogens is 279 g/mol. The van der Waals surface area contributed by atoms with Gasteiger partial charge in [0.1, 0.15) is 5.82 Å². The molecule has 1 atom stereocenters. The molecule has 0 fully saturated rings. The minimum Gasteiger partial charge on any atom is -0.399 e. The Kier molecular flexibility index (Phi) is 4.25. The van der Waals surface area contributed by atoms with Crippen molar-refractivity contribution < 1.29 is 9.18 Å². The molecule has 2 aromatic rings. The van der Waals surface area contributed by atoms with Crippen molar-refractivity contribution in [3.63, 3.8) is 0 Å². The second-order valence-electron chi connectivity index (χ2n) is 4.47. The first-order valence-corrected chi connectivity index (χ1v) is 6.47. The van der Waals surface area contributed by atoms with Crippen LogP contribution in [0.15, 0.2) is 42.5 Å². The third-order valence-electron chi connectivity index (χ3n) is 2.95. The standard InChI is InChI=1S/C15H14ClFN2O/c1-9(10-4-2-5-11(18)8-10)19-15(20)12-6-3-7-13(17)14(12)16/h2-9H,18H2,1H3,(H,19,20). The van der Waals surface area contributed by atoms with Gasteiger partial charge in [0, 0.05) is 5.69 Å². The SMILES string of the molecule is CC(NC(=O)c1cccc(F)c1Cl)c1cccc(N)c1. The van der Waals surface area contributed by atoms with Crippen LogP contribution in [0.2, 0.25) is 5.02 Å². The first kappa shape index (κ1) is 14.3. The van der Waals surface area contributed by atoms with Crippen molar-refractivity contribution in [1.29, 1.82) is 0 Å². The van der Waals surface area contributed by atoms with Gasteiger partial charge in [0.15, 0.2) is 0 Å². The Labute approximate surface area is 121 Å². The highest BCUT2D eigenvalue weighted by atomic mass is 35.5. The summed E-state index contributed by atoms with van der Waals surface area (Å²) in [5.41, 5.74) is 7.30. The Morgan fingerprint density at radius 1 is 1.30 bits per heavy atom. The van der Waals surface area contributed by atoms with E-state index in [1.807, 2.05) is 19.1 Å². The van der Waals surface area contributed by atoms with E-state index in [0.717, 1.165) is 5.56 Å². The predicted octanol–water partition coefficient (Wildman–Crippen LogP) is 3.55. The van der Waals surface area contributed by atoms with Gasteiger partial charge >= 0.3 is 0 Å². The van der Waals surface area contributed by atoms with E-state index in [1.165, 1.54) is 18.2 Å². The summed E-state index contributed by atoms with van der Waals surface area (Å²) in [7, 11) is 0. The highest BCUT2D eigenvalue weighted by Gasteiger charge is 2.16. The van der Waals surface area contributed by atoms with Gasteiger partial charge < -0.3 is 11.1 Å². The van der Waals surface area contributed by atoms with Crippen molar-refractivity contribution in [3.8, 4) is 0 Å². The minimum absolute atomic E-state index is 0.113. The van der Waals surface area contributed by atoms with Gasteiger partial charge in [-0.2, -0.15) is 0 Å². The number of nitrogens with one attached hydrogen (secondary N) is 1. The number of anilines is 1. The van der Waals surface area contributed by atoms with Crippen LogP contribution < -0.4 is 11.1 Å². The molecule has 1 amide bonds. The van der Waals surface area contributed by atoms with Crippen LogP contribution in [-0.2, 0) is 0 Å². The second kappa shape index (κ2) is 5.92. The summed E-state index contributed by atoms with van der Waals surface area (Å²) in [6.45, 7) is 1.82. The summed E-state index contributed by atoms with van der Waals surface area (Å²) >= 11 is 5.79. The second-order valence-corrected chi connectivity index (χ2v) is 4.84. The molecule has 0 aromatic heterocycles. The van der Waals surface area contributed by atoms with E-state index in [9.17, 15) is 9.18 Å². The first-order valence-electron chi connectivity index (χ1n) is 6.09. The van der Waals surface area contributed by atoms with Crippen LogP contribution in [0.5, 0.6) is 0 Å². The maximum Gasteiger partial charge on any atom is 0.253 e. The van der Waals surface area contributed by atoms with Gasteiger partial charge in [0.05, 0.1) is 16.6 Å². The molecule has 0 aliphatic heterocycles. The molecule has 5 heteroatoms. The largest absolute Gasteiger partial charge is 0.399 e. The van der Waals surface area contributed by atoms with E-state index in [0.29, 0.717) is 5.69 Å². The average molecular weight is 293 g/mol. The van der Waals surface area contributed by atoms with Crippen molar-refractivity contribution >= 4 is 23.2 Å². The van der Waals surface area contributed by atoms with Gasteiger partial charge in [0.2, 0.25) is 0 Å². The Morgan fingerprint density at radius 2 is 2.00 bits per heavy atom. The van der Waals surface area contributed by atoms with Crippen molar-refractivity contribution in [1.82, 2.24) is 5.32 Å². The molecular formula is C15H14ClFN2O. The van der Waals surface area contributed by atoms with E-state index in [-0.39, 0.29) is 16.6 Å². The van der Waals surface area contributed by atoms with Gasteiger partial charge in [-0.3, -0.25) is 4.79 Å². The number of nitrogens with two attached hydrogens (primary N) is 1. The van der Waals surface area contributed by atoms with Gasteiger partial charge in [-0.25, -0.2) is 4.39 Å². The molecule has 2 rings (SSSR count). The number of hydrogen-bond acceptors (Lipinski definition) is 2. The summed E-state index contributed by atoms with van der Waals surface area (Å²) in [6, 6.07) is 11.1. The lowest BCUT2D eigenvalue weighted by atomic mass is 10.1. The lowest BCUT2D eigenvalue weighted by Crippen LogP contribution is -2.27. The van der Waals surface area contributed by atoms with E-state index >= 15 is 0 Å². The third kappa shape index (κ3) is 3.08. The summed E-state index contributed by atoms with van der Waals surface area (Å²) in [4.78, 5) is 12.1. The highest BCUT2D eigenvalue weighted by molar-refractivity contribution is 6.34. The van der Waals surface area contributed by atoms with Crippen LogP contribution in [0.1, 0.15) is 28.9 Å². The molecule has 3 nitrogen and oxygen atoms in total. The van der Waals surface area contributed by atoms with Crippen LogP contribution in [-0.4, -0.2) is 5.91 Å². The fraction of sp³-hybridized carbons (Fsp3) is 0.133. The van der Waals surface area contributed by atoms with Crippen molar-refractivity contribution in [2.75, 3.05) is 5.73 Å². The van der Waals surface area contributed by atoms with Crippen LogP contribution in [0.3, 0.4) is 0 Å². The Morgan fingerprint density at radius 3 is 2.70 bits per heavy atom. The number of rotatable bonds is 3. The fourth-order valence-electron chi connectivity index (χ4n) is 1.87. The number of benzene rings is 2. The molecule has 0 saturated heterocycles. The van der Waals surface area contributed by atoms with Crippen LogP contribution in [0.4, 0.5) is 10.1 Å². The average Bonchev–Trinajstić information content (AvgIpc) is 2.41. The van der Waals surface area contributed by atoms with Crippen molar-refractivity contribution in [3.05, 3.63) is 64.4 Å². The first-order chi connectivity index (χ1) is 9.49. The lowest BCUT2D eigenvalue weighted by molar-refractivity contribution is 0.0939. The normalized spacial score (nSPS) is 11.9. The number of halogens is 2. The summed E-state index contributed by atoms with van der Waals surface area (Å²) in [5.74, 6) is -1.04. The van der Waals surface area contributed by atoms with Crippen LogP contribution in [0, 0.1) is 5.82 Å². The van der Waals surface area contributed by atoms with E-state index in [2.05, 4.69) is 5.32 Å². The van der Waals surface area contributed by atoms with Gasteiger partial charge in [0.25, 0.3) is 5.91 Å². The zero-order valence-electron chi connectivity index (χ0n) is 10.9. The van der Waals surface area contributed by atoms with Crippen LogP contribution in [0.25, 0.3) is 0 Å². The Hall–Kier alpha value is -2.07. The zero-order valence-corrected chi connectivity index (χ0v) is 11.6. The number of amides is 1. The molecule has 0 heterocycles. The molecule has 0 aliphatic rings. The summed E-state index contributed by atoms with van der Waals surface area (Å²) in [6.07, 6.45) is 0. The fourth-order valence-corrected chi connectivity index (χ4v) is 2.08. The third-order valence-corrected chi connectivity index (χ3v) is 3.34. The lowest BCUT2D eigenvalue weighted by Gasteiger charge is -2.15. The van der Waals surface area contributed by atoms with E-state index in [4.69, 9.17) is 17.3 Å². The van der Waals surface area contributed by atoms with Gasteiger partial charge in [-0.05, 0) is 36.8 Å². The highest BCUT2D eigenvalue weighted by Crippen LogP contribution is 2.21. The number of carbonyl (C=O) groups is 1. The van der Waals surface area contributed by atoms with Crippen molar-refractivity contribution in [2.24, 2.45) is 0 Å². The predicted molar refractivity (Wildman–Crippen MR) is 78.1 cm³/mol. The monoisotopic (exact) mass is 292 g/mol. The van der Waals surface area contributed by atoms with Crippen LogP contribution >= 0.6 is 11.6 Å². The maximum atomic E-state index is 13.3. The number of carbonyl (C=O) groups excluding carboxylic acids is 1.